The number of H-pyrrole nitrogens is 1. The van der Waals surface area contributed by atoms with E-state index in [9.17, 15) is 9.59 Å². The summed E-state index contributed by atoms with van der Waals surface area (Å²) in [7, 11) is 0. The van der Waals surface area contributed by atoms with Crippen molar-refractivity contribution in [2.24, 2.45) is 0 Å². The molecule has 1 aromatic heterocycles. The third-order valence-electron chi connectivity index (χ3n) is 5.36. The van der Waals surface area contributed by atoms with Gasteiger partial charge >= 0.3 is 0 Å². The number of nitrogens with zero attached hydrogens (tertiary/aromatic N) is 1. The summed E-state index contributed by atoms with van der Waals surface area (Å²) in [5.74, 6) is -0.457. The highest BCUT2D eigenvalue weighted by Crippen LogP contribution is 2.51. The molecule has 0 radical (unpaired) electrons. The van der Waals surface area contributed by atoms with Crippen LogP contribution in [0, 0.1) is 5.82 Å². The molecule has 28 heavy (non-hydrogen) atoms. The third-order valence-corrected chi connectivity index (χ3v) is 6.25. The van der Waals surface area contributed by atoms with E-state index in [0.29, 0.717) is 39.4 Å². The summed E-state index contributed by atoms with van der Waals surface area (Å²) in [6, 6.07) is 10.6. The maximum Gasteiger partial charge on any atom is 0.268 e. The molecule has 6 heteroatoms. The van der Waals surface area contributed by atoms with Crippen LogP contribution in [0.4, 0.5) is 15.1 Å². The monoisotopic (exact) mass is 392 g/mol. The van der Waals surface area contributed by atoms with Crippen molar-refractivity contribution < 1.29 is 9.18 Å². The van der Waals surface area contributed by atoms with Crippen LogP contribution in [0.2, 0.25) is 0 Å². The molecular formula is C22H17FN2O2S. The van der Waals surface area contributed by atoms with E-state index in [1.54, 1.807) is 24.3 Å². The fourth-order valence-electron chi connectivity index (χ4n) is 3.80. The number of fused-ring (bicyclic) bond motifs is 2. The number of halogens is 1. The second-order valence-corrected chi connectivity index (χ2v) is 8.07. The second-order valence-electron chi connectivity index (χ2n) is 7.28. The Balaban J connectivity index is 1.73. The largest absolute Gasteiger partial charge is 0.328 e. The zero-order valence-electron chi connectivity index (χ0n) is 15.2. The molecule has 2 heterocycles. The molecule has 4 nitrogen and oxygen atoms in total. The highest BCUT2D eigenvalue weighted by atomic mass is 32.1. The lowest BCUT2D eigenvalue weighted by Crippen LogP contribution is -2.25. The Morgan fingerprint density at radius 3 is 2.75 bits per heavy atom. The molecule has 0 amide bonds. The molecule has 1 fully saturated rings. The van der Waals surface area contributed by atoms with Gasteiger partial charge in [-0.25, -0.2) is 4.39 Å². The maximum atomic E-state index is 15.1. The molecule has 2 aromatic carbocycles. The van der Waals surface area contributed by atoms with E-state index in [1.165, 1.54) is 24.5 Å². The van der Waals surface area contributed by atoms with Gasteiger partial charge < -0.3 is 4.90 Å². The van der Waals surface area contributed by atoms with Crippen LogP contribution in [0.5, 0.6) is 0 Å². The molecule has 5 rings (SSSR count). The van der Waals surface area contributed by atoms with E-state index < -0.39 is 5.82 Å². The van der Waals surface area contributed by atoms with Crippen LogP contribution in [0.3, 0.4) is 0 Å². The number of hydrogen-bond acceptors (Lipinski definition) is 4. The number of ketones is 1. The summed E-state index contributed by atoms with van der Waals surface area (Å²) in [5, 5.41) is 0.847. The van der Waals surface area contributed by atoms with Crippen LogP contribution in [-0.4, -0.2) is 16.2 Å². The quantitative estimate of drug-likeness (QED) is 0.630. The van der Waals surface area contributed by atoms with E-state index in [0.717, 1.165) is 23.5 Å². The van der Waals surface area contributed by atoms with Gasteiger partial charge in [-0.2, -0.15) is 0 Å². The van der Waals surface area contributed by atoms with Gasteiger partial charge in [0, 0.05) is 22.7 Å². The van der Waals surface area contributed by atoms with E-state index >= 15 is 4.39 Å². The Bertz CT molecular complexity index is 1220. The number of anilines is 2. The number of carbonyl (C=O) groups excluding carboxylic acids is 1. The molecule has 140 valence electrons. The maximum absolute atomic E-state index is 15.1. The predicted octanol–water partition coefficient (Wildman–Crippen LogP) is 5.12. The molecule has 1 aliphatic carbocycles. The van der Waals surface area contributed by atoms with Crippen LogP contribution in [-0.2, 0) is 0 Å². The molecule has 0 saturated heterocycles. The number of rotatable bonds is 3. The van der Waals surface area contributed by atoms with Crippen LogP contribution in [0.15, 0.2) is 47.8 Å². The fraction of sp³-hybridized carbons (Fsp3) is 0.182. The topological polar surface area (TPSA) is 53.2 Å². The Labute approximate surface area is 165 Å². The highest BCUT2D eigenvalue weighted by Gasteiger charge is 2.39. The fourth-order valence-corrected chi connectivity index (χ4v) is 4.75. The molecule has 1 saturated carbocycles. The first kappa shape index (κ1) is 17.1. The van der Waals surface area contributed by atoms with Crippen LogP contribution in [0.1, 0.15) is 41.3 Å². The average molecular weight is 392 g/mol. The SMILES string of the molecule is C=C1c2cc(F)c(-c3cccc(C(C)=O)c3)cc2N(C2CC2)c2s[nH]c(=O)c21. The molecule has 2 aliphatic rings. The van der Waals surface area contributed by atoms with E-state index in [-0.39, 0.29) is 11.3 Å². The van der Waals surface area contributed by atoms with Gasteiger partial charge in [0.1, 0.15) is 10.8 Å². The molecule has 3 aromatic rings. The average Bonchev–Trinajstić information content (AvgIpc) is 3.44. The lowest BCUT2D eigenvalue weighted by atomic mass is 9.91. The summed E-state index contributed by atoms with van der Waals surface area (Å²) < 4.78 is 17.9. The van der Waals surface area contributed by atoms with Crippen molar-refractivity contribution in [3.05, 3.63) is 75.8 Å². The van der Waals surface area contributed by atoms with Crippen LogP contribution < -0.4 is 10.5 Å². The van der Waals surface area contributed by atoms with Gasteiger partial charge in [0.05, 0.1) is 11.3 Å². The van der Waals surface area contributed by atoms with Gasteiger partial charge in [-0.1, -0.05) is 24.8 Å². The number of carbonyl (C=O) groups is 1. The zero-order chi connectivity index (χ0) is 19.6. The molecule has 1 N–H and O–H groups in total. The Morgan fingerprint density at radius 1 is 1.25 bits per heavy atom. The van der Waals surface area contributed by atoms with Crippen molar-refractivity contribution in [1.82, 2.24) is 4.37 Å². The van der Waals surface area contributed by atoms with Gasteiger partial charge in [-0.05, 0) is 60.6 Å². The summed E-state index contributed by atoms with van der Waals surface area (Å²) in [6.07, 6.45) is 2.06. The van der Waals surface area contributed by atoms with E-state index in [4.69, 9.17) is 0 Å². The van der Waals surface area contributed by atoms with E-state index in [2.05, 4.69) is 15.9 Å². The Kier molecular flexibility index (Phi) is 3.67. The summed E-state index contributed by atoms with van der Waals surface area (Å²) >= 11 is 1.30. The molecular weight excluding hydrogens is 375 g/mol. The second kappa shape index (κ2) is 6.01. The number of aromatic amines is 1. The normalized spacial score (nSPS) is 15.4. The van der Waals surface area contributed by atoms with Crippen molar-refractivity contribution in [2.45, 2.75) is 25.8 Å². The first-order chi connectivity index (χ1) is 13.5. The van der Waals surface area contributed by atoms with Gasteiger partial charge in [-0.15, -0.1) is 0 Å². The zero-order valence-corrected chi connectivity index (χ0v) is 16.0. The van der Waals surface area contributed by atoms with Crippen molar-refractivity contribution >= 4 is 33.6 Å². The number of nitrogens with one attached hydrogen (secondary N) is 1. The molecule has 0 unspecified atom stereocenters. The lowest BCUT2D eigenvalue weighted by Gasteiger charge is -2.32. The van der Waals surface area contributed by atoms with Gasteiger partial charge in [-0.3, -0.25) is 14.0 Å². The molecule has 1 aliphatic heterocycles. The highest BCUT2D eigenvalue weighted by molar-refractivity contribution is 7.10. The van der Waals surface area contributed by atoms with Gasteiger partial charge in [0.25, 0.3) is 5.56 Å². The van der Waals surface area contributed by atoms with E-state index in [1.807, 2.05) is 6.07 Å². The number of aromatic nitrogens is 1. The minimum absolute atomic E-state index is 0.0602. The molecule has 0 spiro atoms. The number of benzene rings is 2. The summed E-state index contributed by atoms with van der Waals surface area (Å²) in [4.78, 5) is 26.2. The van der Waals surface area contributed by atoms with Crippen LogP contribution in [0.25, 0.3) is 16.7 Å². The lowest BCUT2D eigenvalue weighted by molar-refractivity contribution is 0.101. The third kappa shape index (κ3) is 2.48. The predicted molar refractivity (Wildman–Crippen MR) is 110 cm³/mol. The summed E-state index contributed by atoms with van der Waals surface area (Å²) in [5.41, 5.74) is 4.05. The Morgan fingerprint density at radius 2 is 2.04 bits per heavy atom. The molecule has 0 bridgehead atoms. The summed E-state index contributed by atoms with van der Waals surface area (Å²) in [6.45, 7) is 5.57. The minimum atomic E-state index is -0.397. The first-order valence-electron chi connectivity index (χ1n) is 9.11. The standard InChI is InChI=1S/C22H17FN2O2S/c1-11-16-9-18(23)17(14-5-3-4-13(8-14)12(2)26)10-19(16)25(15-6-7-15)22-20(11)21(27)24-28-22/h3-5,8-10,15H,1,6-7H2,2H3,(H,24,27). The smallest absolute Gasteiger partial charge is 0.268 e. The van der Waals surface area contributed by atoms with Crippen molar-refractivity contribution in [3.63, 3.8) is 0 Å². The van der Waals surface area contributed by atoms with Crippen molar-refractivity contribution in [2.75, 3.05) is 4.90 Å². The molecule has 0 atom stereocenters. The van der Waals surface area contributed by atoms with Gasteiger partial charge in [0.2, 0.25) is 0 Å². The number of hydrogen-bond donors (Lipinski definition) is 1. The number of Topliss-reactive ketones (excluding diaryl/α,β-unsaturated/α-hetero) is 1. The minimum Gasteiger partial charge on any atom is -0.328 e. The van der Waals surface area contributed by atoms with Gasteiger partial charge in [0.15, 0.2) is 5.78 Å². The van der Waals surface area contributed by atoms with Crippen molar-refractivity contribution in [3.8, 4) is 11.1 Å². The van der Waals surface area contributed by atoms with Crippen LogP contribution >= 0.6 is 11.5 Å². The van der Waals surface area contributed by atoms with Crippen molar-refractivity contribution in [1.29, 1.82) is 0 Å². The first-order valence-corrected chi connectivity index (χ1v) is 9.92. The Hall–Kier alpha value is -2.99.